The lowest BCUT2D eigenvalue weighted by atomic mass is 9.88. The Hall–Kier alpha value is -3.18. The number of ether oxygens (including phenoxy) is 1. The average molecular weight is 430 g/mol. The number of nitrogens with zero attached hydrogens (tertiary/aromatic N) is 3. The van der Waals surface area contributed by atoms with Crippen LogP contribution in [0.5, 0.6) is 0 Å². The first kappa shape index (κ1) is 22.0. The Morgan fingerprint density at radius 2 is 1.91 bits per heavy atom. The van der Waals surface area contributed by atoms with Crippen LogP contribution in [0.4, 0.5) is 11.4 Å². The SMILES string of the molecule is COC(=O)c1ccncc1CC[C@@H]1c2ccc(N(C)c3ccc(C)cc3)cc2CCN1C. The fourth-order valence-corrected chi connectivity index (χ4v) is 4.55. The molecule has 0 spiro atoms. The first-order valence-electron chi connectivity index (χ1n) is 11.1. The minimum Gasteiger partial charge on any atom is -0.465 e. The van der Waals surface area contributed by atoms with Gasteiger partial charge in [0.25, 0.3) is 0 Å². The van der Waals surface area contributed by atoms with Crippen molar-refractivity contribution in [2.45, 2.75) is 32.2 Å². The topological polar surface area (TPSA) is 45.7 Å². The van der Waals surface area contributed by atoms with E-state index in [-0.39, 0.29) is 5.97 Å². The Morgan fingerprint density at radius 1 is 1.16 bits per heavy atom. The van der Waals surface area contributed by atoms with Crippen molar-refractivity contribution in [2.75, 3.05) is 32.6 Å². The largest absolute Gasteiger partial charge is 0.465 e. The Morgan fingerprint density at radius 3 is 2.66 bits per heavy atom. The monoisotopic (exact) mass is 429 g/mol. The van der Waals surface area contributed by atoms with E-state index in [1.165, 1.54) is 35.2 Å². The maximum Gasteiger partial charge on any atom is 0.338 e. The fraction of sp³-hybridized carbons (Fsp3) is 0.333. The molecule has 1 aliphatic rings. The van der Waals surface area contributed by atoms with Crippen LogP contribution in [-0.4, -0.2) is 43.6 Å². The van der Waals surface area contributed by atoms with E-state index >= 15 is 0 Å². The van der Waals surface area contributed by atoms with Gasteiger partial charge in [-0.15, -0.1) is 0 Å². The van der Waals surface area contributed by atoms with Gasteiger partial charge in [-0.1, -0.05) is 23.8 Å². The summed E-state index contributed by atoms with van der Waals surface area (Å²) in [4.78, 5) is 21.0. The molecule has 0 bridgehead atoms. The van der Waals surface area contributed by atoms with E-state index in [4.69, 9.17) is 4.74 Å². The molecule has 0 saturated heterocycles. The van der Waals surface area contributed by atoms with Crippen molar-refractivity contribution in [3.05, 3.63) is 88.7 Å². The number of hydrogen-bond acceptors (Lipinski definition) is 5. The lowest BCUT2D eigenvalue weighted by molar-refractivity contribution is 0.0599. The molecule has 0 radical (unpaired) electrons. The molecular formula is C27H31N3O2. The van der Waals surface area contributed by atoms with Crippen molar-refractivity contribution in [1.29, 1.82) is 0 Å². The van der Waals surface area contributed by atoms with Crippen molar-refractivity contribution in [1.82, 2.24) is 9.88 Å². The van der Waals surface area contributed by atoms with Gasteiger partial charge >= 0.3 is 5.97 Å². The van der Waals surface area contributed by atoms with E-state index in [2.05, 4.69) is 78.3 Å². The summed E-state index contributed by atoms with van der Waals surface area (Å²) in [6.45, 7) is 3.13. The number of rotatable bonds is 6. The van der Waals surface area contributed by atoms with Gasteiger partial charge in [0.2, 0.25) is 0 Å². The van der Waals surface area contributed by atoms with Crippen molar-refractivity contribution in [3.8, 4) is 0 Å². The molecule has 2 aromatic carbocycles. The van der Waals surface area contributed by atoms with Crippen molar-refractivity contribution in [2.24, 2.45) is 0 Å². The van der Waals surface area contributed by atoms with Crippen LogP contribution in [0.15, 0.2) is 60.9 Å². The van der Waals surface area contributed by atoms with Gasteiger partial charge in [-0.3, -0.25) is 9.88 Å². The molecule has 0 fully saturated rings. The van der Waals surface area contributed by atoms with Crippen LogP contribution >= 0.6 is 0 Å². The number of carbonyl (C=O) groups excluding carboxylic acids is 1. The Kier molecular flexibility index (Phi) is 6.56. The van der Waals surface area contributed by atoms with Crippen LogP contribution in [0, 0.1) is 6.92 Å². The van der Waals surface area contributed by atoms with E-state index in [9.17, 15) is 4.79 Å². The van der Waals surface area contributed by atoms with E-state index in [1.54, 1.807) is 18.5 Å². The number of carbonyl (C=O) groups is 1. The molecule has 1 aromatic heterocycles. The zero-order chi connectivity index (χ0) is 22.7. The minimum atomic E-state index is -0.302. The first-order valence-corrected chi connectivity index (χ1v) is 11.1. The molecular weight excluding hydrogens is 398 g/mol. The zero-order valence-electron chi connectivity index (χ0n) is 19.3. The summed E-state index contributed by atoms with van der Waals surface area (Å²) in [7, 11) is 5.73. The van der Waals surface area contributed by atoms with E-state index in [0.29, 0.717) is 11.6 Å². The minimum absolute atomic E-state index is 0.302. The normalized spacial score (nSPS) is 15.8. The van der Waals surface area contributed by atoms with Crippen LogP contribution in [-0.2, 0) is 17.6 Å². The van der Waals surface area contributed by atoms with Gasteiger partial charge in [-0.25, -0.2) is 4.79 Å². The molecule has 5 heteroatoms. The third kappa shape index (κ3) is 4.53. The number of pyridine rings is 1. The summed E-state index contributed by atoms with van der Waals surface area (Å²) in [5, 5.41) is 0. The molecule has 1 aliphatic heterocycles. The number of aromatic nitrogens is 1. The zero-order valence-corrected chi connectivity index (χ0v) is 19.3. The molecule has 5 nitrogen and oxygen atoms in total. The van der Waals surface area contributed by atoms with E-state index in [0.717, 1.165) is 31.4 Å². The highest BCUT2D eigenvalue weighted by Gasteiger charge is 2.26. The predicted molar refractivity (Wildman–Crippen MR) is 129 cm³/mol. The van der Waals surface area contributed by atoms with Crippen molar-refractivity contribution < 1.29 is 9.53 Å². The number of benzene rings is 2. The van der Waals surface area contributed by atoms with Gasteiger partial charge in [-0.05, 0) is 80.3 Å². The van der Waals surface area contributed by atoms with Crippen LogP contribution in [0.1, 0.15) is 45.1 Å². The lowest BCUT2D eigenvalue weighted by Crippen LogP contribution is -2.32. The van der Waals surface area contributed by atoms with Gasteiger partial charge in [0, 0.05) is 43.4 Å². The second-order valence-electron chi connectivity index (χ2n) is 8.59. The van der Waals surface area contributed by atoms with Gasteiger partial charge in [0.1, 0.15) is 0 Å². The summed E-state index contributed by atoms with van der Waals surface area (Å²) in [5.74, 6) is -0.302. The molecule has 166 valence electrons. The summed E-state index contributed by atoms with van der Waals surface area (Å²) in [6.07, 6.45) is 6.17. The van der Waals surface area contributed by atoms with Gasteiger partial charge in [-0.2, -0.15) is 0 Å². The summed E-state index contributed by atoms with van der Waals surface area (Å²) < 4.78 is 4.94. The first-order chi connectivity index (χ1) is 15.5. The standard InChI is InChI=1S/C27H31N3O2/c1-19-5-8-22(9-6-19)30(3)23-10-11-24-20(17-23)14-16-29(2)26(24)12-7-21-18-28-15-13-25(21)27(31)32-4/h5-6,8-11,13,15,17-18,26H,7,12,14,16H2,1-4H3/t26-/m1/s1. The molecule has 1 atom stereocenters. The van der Waals surface area contributed by atoms with Crippen LogP contribution in [0.2, 0.25) is 0 Å². The Balaban J connectivity index is 1.55. The molecule has 0 amide bonds. The molecule has 4 rings (SSSR count). The number of anilines is 2. The molecule has 2 heterocycles. The number of likely N-dealkylation sites (N-methyl/N-ethyl adjacent to an activating group) is 1. The smallest absolute Gasteiger partial charge is 0.338 e. The highest BCUT2D eigenvalue weighted by Crippen LogP contribution is 2.35. The quantitative estimate of drug-likeness (QED) is 0.510. The summed E-state index contributed by atoms with van der Waals surface area (Å²) >= 11 is 0. The van der Waals surface area contributed by atoms with Gasteiger partial charge in [0.15, 0.2) is 0 Å². The van der Waals surface area contributed by atoms with Crippen molar-refractivity contribution >= 4 is 17.3 Å². The van der Waals surface area contributed by atoms with E-state index < -0.39 is 0 Å². The second-order valence-corrected chi connectivity index (χ2v) is 8.59. The number of hydrogen-bond donors (Lipinski definition) is 0. The highest BCUT2D eigenvalue weighted by atomic mass is 16.5. The lowest BCUT2D eigenvalue weighted by Gasteiger charge is -2.35. The van der Waals surface area contributed by atoms with Gasteiger partial charge in [0.05, 0.1) is 12.7 Å². The molecule has 0 N–H and O–H groups in total. The molecule has 3 aromatic rings. The van der Waals surface area contributed by atoms with Gasteiger partial charge < -0.3 is 9.64 Å². The maximum absolute atomic E-state index is 12.1. The molecule has 0 saturated carbocycles. The average Bonchev–Trinajstić information content (AvgIpc) is 2.83. The third-order valence-electron chi connectivity index (χ3n) is 6.56. The predicted octanol–water partition coefficient (Wildman–Crippen LogP) is 5.11. The van der Waals surface area contributed by atoms with Crippen LogP contribution < -0.4 is 4.90 Å². The Bertz CT molecular complexity index is 1090. The summed E-state index contributed by atoms with van der Waals surface area (Å²) in [5.41, 5.74) is 7.99. The molecule has 0 unspecified atom stereocenters. The maximum atomic E-state index is 12.1. The number of fused-ring (bicyclic) bond motifs is 1. The number of esters is 1. The highest BCUT2D eigenvalue weighted by molar-refractivity contribution is 5.90. The van der Waals surface area contributed by atoms with Crippen LogP contribution in [0.3, 0.4) is 0 Å². The second kappa shape index (κ2) is 9.53. The summed E-state index contributed by atoms with van der Waals surface area (Å²) in [6, 6.07) is 17.5. The number of aryl methyl sites for hydroxylation is 2. The Labute approximate surface area is 190 Å². The fourth-order valence-electron chi connectivity index (χ4n) is 4.55. The van der Waals surface area contributed by atoms with E-state index in [1.807, 2.05) is 0 Å². The molecule has 32 heavy (non-hydrogen) atoms. The van der Waals surface area contributed by atoms with Crippen LogP contribution in [0.25, 0.3) is 0 Å². The number of methoxy groups -OCH3 is 1. The molecule has 0 aliphatic carbocycles. The van der Waals surface area contributed by atoms with Crippen molar-refractivity contribution in [3.63, 3.8) is 0 Å². The third-order valence-corrected chi connectivity index (χ3v) is 6.56.